The molecule has 15 heavy (non-hydrogen) atoms. The number of halogens is 3. The summed E-state index contributed by atoms with van der Waals surface area (Å²) in [6.07, 6.45) is 0. The molecule has 1 aromatic carbocycles. The van der Waals surface area contributed by atoms with Crippen LogP contribution in [0.15, 0.2) is 6.07 Å². The van der Waals surface area contributed by atoms with Crippen molar-refractivity contribution in [2.75, 3.05) is 5.73 Å². The minimum Gasteiger partial charge on any atom is -0.480 e. The van der Waals surface area contributed by atoms with Gasteiger partial charge in [0.05, 0.1) is 5.69 Å². The molecule has 0 aliphatic carbocycles. The van der Waals surface area contributed by atoms with Crippen LogP contribution in [0.2, 0.25) is 0 Å². The SMILES string of the molecule is Nc1c(F)cc(F)c(F)c1[C@H](N)C(=O)O. The van der Waals surface area contributed by atoms with E-state index in [4.69, 9.17) is 16.6 Å². The Hall–Kier alpha value is -1.76. The molecule has 0 saturated heterocycles. The molecule has 0 unspecified atom stereocenters. The highest BCUT2D eigenvalue weighted by Gasteiger charge is 2.26. The van der Waals surface area contributed by atoms with Crippen LogP contribution in [0.25, 0.3) is 0 Å². The molecule has 0 radical (unpaired) electrons. The van der Waals surface area contributed by atoms with Gasteiger partial charge in [0.2, 0.25) is 0 Å². The van der Waals surface area contributed by atoms with Crippen molar-refractivity contribution in [1.82, 2.24) is 0 Å². The van der Waals surface area contributed by atoms with Crippen LogP contribution in [-0.4, -0.2) is 11.1 Å². The second kappa shape index (κ2) is 3.77. The monoisotopic (exact) mass is 220 g/mol. The van der Waals surface area contributed by atoms with E-state index in [-0.39, 0.29) is 6.07 Å². The predicted molar refractivity (Wildman–Crippen MR) is 45.3 cm³/mol. The quantitative estimate of drug-likeness (QED) is 0.507. The summed E-state index contributed by atoms with van der Waals surface area (Å²) in [6, 6.07) is -1.68. The smallest absolute Gasteiger partial charge is 0.325 e. The lowest BCUT2D eigenvalue weighted by atomic mass is 10.0. The minimum atomic E-state index is -1.91. The van der Waals surface area contributed by atoms with E-state index in [0.29, 0.717) is 0 Å². The van der Waals surface area contributed by atoms with E-state index in [1.807, 2.05) is 0 Å². The topological polar surface area (TPSA) is 89.3 Å². The Bertz CT molecular complexity index is 397. The van der Waals surface area contributed by atoms with Crippen molar-refractivity contribution in [2.24, 2.45) is 5.73 Å². The summed E-state index contributed by atoms with van der Waals surface area (Å²) in [5, 5.41) is 8.47. The van der Waals surface area contributed by atoms with Crippen LogP contribution in [0.5, 0.6) is 0 Å². The first-order valence-electron chi connectivity index (χ1n) is 3.77. The molecule has 4 nitrogen and oxygen atoms in total. The lowest BCUT2D eigenvalue weighted by molar-refractivity contribution is -0.138. The van der Waals surface area contributed by atoms with E-state index in [1.165, 1.54) is 0 Å². The van der Waals surface area contributed by atoms with Crippen molar-refractivity contribution in [3.05, 3.63) is 29.1 Å². The van der Waals surface area contributed by atoms with Gasteiger partial charge in [-0.3, -0.25) is 4.79 Å². The molecule has 1 rings (SSSR count). The highest BCUT2D eigenvalue weighted by molar-refractivity contribution is 5.78. The van der Waals surface area contributed by atoms with Crippen molar-refractivity contribution < 1.29 is 23.1 Å². The van der Waals surface area contributed by atoms with Crippen LogP contribution in [-0.2, 0) is 4.79 Å². The van der Waals surface area contributed by atoms with Crippen molar-refractivity contribution in [2.45, 2.75) is 6.04 Å². The molecule has 0 amide bonds. The van der Waals surface area contributed by atoms with Crippen molar-refractivity contribution in [3.63, 3.8) is 0 Å². The average molecular weight is 220 g/mol. The molecule has 82 valence electrons. The highest BCUT2D eigenvalue weighted by Crippen LogP contribution is 2.27. The summed E-state index contributed by atoms with van der Waals surface area (Å²) >= 11 is 0. The molecule has 1 atom stereocenters. The van der Waals surface area contributed by atoms with E-state index in [1.54, 1.807) is 0 Å². The van der Waals surface area contributed by atoms with Gasteiger partial charge in [-0.25, -0.2) is 13.2 Å². The van der Waals surface area contributed by atoms with Gasteiger partial charge in [-0.15, -0.1) is 0 Å². The summed E-state index contributed by atoms with van der Waals surface area (Å²) in [5.41, 5.74) is 8.40. The van der Waals surface area contributed by atoms with Crippen LogP contribution >= 0.6 is 0 Å². The Morgan fingerprint density at radius 1 is 1.33 bits per heavy atom. The molecular weight excluding hydrogens is 213 g/mol. The summed E-state index contributed by atoms with van der Waals surface area (Å²) < 4.78 is 38.7. The molecule has 0 bridgehead atoms. The first kappa shape index (κ1) is 11.3. The van der Waals surface area contributed by atoms with E-state index in [9.17, 15) is 18.0 Å². The molecule has 0 heterocycles. The van der Waals surface area contributed by atoms with Crippen LogP contribution in [0.3, 0.4) is 0 Å². The van der Waals surface area contributed by atoms with Crippen molar-refractivity contribution in [1.29, 1.82) is 0 Å². The van der Waals surface area contributed by atoms with Gasteiger partial charge in [0.25, 0.3) is 0 Å². The molecule has 0 fully saturated rings. The van der Waals surface area contributed by atoms with Gasteiger partial charge in [0.1, 0.15) is 11.9 Å². The standard InChI is InChI=1S/C8H7F3N2O2/c9-2-1-3(10)6(12)4(5(2)11)7(13)8(14)15/h1,7H,12-13H2,(H,14,15)/t7-/m0/s1. The average Bonchev–Trinajstić information content (AvgIpc) is 2.15. The van der Waals surface area contributed by atoms with Gasteiger partial charge < -0.3 is 16.6 Å². The van der Waals surface area contributed by atoms with Crippen LogP contribution < -0.4 is 11.5 Å². The predicted octanol–water partition coefficient (Wildman–Crippen LogP) is 0.771. The molecule has 1 aromatic rings. The van der Waals surface area contributed by atoms with E-state index < -0.39 is 40.7 Å². The maximum absolute atomic E-state index is 13.1. The van der Waals surface area contributed by atoms with Gasteiger partial charge in [-0.05, 0) is 0 Å². The van der Waals surface area contributed by atoms with Crippen molar-refractivity contribution >= 4 is 11.7 Å². The third kappa shape index (κ3) is 1.86. The fourth-order valence-corrected chi connectivity index (χ4v) is 1.06. The Balaban J connectivity index is 3.45. The van der Waals surface area contributed by atoms with E-state index in [0.717, 1.165) is 0 Å². The number of hydrogen-bond donors (Lipinski definition) is 3. The highest BCUT2D eigenvalue weighted by atomic mass is 19.2. The summed E-state index contributed by atoms with van der Waals surface area (Å²) in [6.45, 7) is 0. The van der Waals surface area contributed by atoms with Gasteiger partial charge in [0.15, 0.2) is 11.6 Å². The molecule has 0 saturated carbocycles. The van der Waals surface area contributed by atoms with Gasteiger partial charge >= 0.3 is 5.97 Å². The molecule has 0 aliphatic rings. The van der Waals surface area contributed by atoms with E-state index in [2.05, 4.69) is 0 Å². The zero-order valence-electron chi connectivity index (χ0n) is 7.30. The number of carboxylic acids is 1. The number of benzene rings is 1. The number of rotatable bonds is 2. The maximum Gasteiger partial charge on any atom is 0.325 e. The largest absolute Gasteiger partial charge is 0.480 e. The lowest BCUT2D eigenvalue weighted by Crippen LogP contribution is -2.24. The zero-order valence-corrected chi connectivity index (χ0v) is 7.30. The lowest BCUT2D eigenvalue weighted by Gasteiger charge is -2.12. The van der Waals surface area contributed by atoms with Gasteiger partial charge in [-0.2, -0.15) is 0 Å². The molecule has 0 spiro atoms. The number of anilines is 1. The number of aliphatic carboxylic acids is 1. The second-order valence-corrected chi connectivity index (χ2v) is 2.80. The first-order valence-corrected chi connectivity index (χ1v) is 3.77. The number of hydrogen-bond acceptors (Lipinski definition) is 3. The number of carbonyl (C=O) groups is 1. The first-order chi connectivity index (χ1) is 6.86. The Morgan fingerprint density at radius 2 is 1.87 bits per heavy atom. The number of nitrogens with two attached hydrogens (primary N) is 2. The molecular formula is C8H7F3N2O2. The molecule has 7 heteroatoms. The number of carboxylic acid groups (broad SMARTS) is 1. The van der Waals surface area contributed by atoms with Crippen LogP contribution in [0.1, 0.15) is 11.6 Å². The fourth-order valence-electron chi connectivity index (χ4n) is 1.06. The Labute approximate surface area is 82.3 Å². The fraction of sp³-hybridized carbons (Fsp3) is 0.125. The normalized spacial score (nSPS) is 12.5. The zero-order chi connectivity index (χ0) is 11.7. The maximum atomic E-state index is 13.1. The Morgan fingerprint density at radius 3 is 2.33 bits per heavy atom. The van der Waals surface area contributed by atoms with Crippen LogP contribution in [0, 0.1) is 17.5 Å². The third-order valence-corrected chi connectivity index (χ3v) is 1.82. The minimum absolute atomic E-state index is 0.225. The van der Waals surface area contributed by atoms with Crippen LogP contribution in [0.4, 0.5) is 18.9 Å². The molecule has 5 N–H and O–H groups in total. The number of nitrogen functional groups attached to an aromatic ring is 1. The summed E-state index contributed by atoms with van der Waals surface area (Å²) in [5.74, 6) is -5.97. The van der Waals surface area contributed by atoms with E-state index >= 15 is 0 Å². The summed E-state index contributed by atoms with van der Waals surface area (Å²) in [4.78, 5) is 10.4. The summed E-state index contributed by atoms with van der Waals surface area (Å²) in [7, 11) is 0. The van der Waals surface area contributed by atoms with Crippen molar-refractivity contribution in [3.8, 4) is 0 Å². The van der Waals surface area contributed by atoms with Gasteiger partial charge in [-0.1, -0.05) is 0 Å². The molecule has 0 aromatic heterocycles. The molecule has 0 aliphatic heterocycles. The Kier molecular flexibility index (Phi) is 2.85. The third-order valence-electron chi connectivity index (χ3n) is 1.82. The van der Waals surface area contributed by atoms with Gasteiger partial charge in [0, 0.05) is 11.6 Å². The second-order valence-electron chi connectivity index (χ2n) is 2.80.